The molecular weight excluding hydrogens is 216 g/mol. The monoisotopic (exact) mass is 232 g/mol. The smallest absolute Gasteiger partial charge is 0.251 e. The predicted molar refractivity (Wildman–Crippen MR) is 67.9 cm³/mol. The molecule has 0 atom stereocenters. The second-order valence-corrected chi connectivity index (χ2v) is 3.48. The number of hydrogen-bond acceptors (Lipinski definition) is 2. The van der Waals surface area contributed by atoms with Gasteiger partial charge in [-0.3, -0.25) is 9.59 Å². The largest absolute Gasteiger partial charge is 0.349 e. The van der Waals surface area contributed by atoms with Gasteiger partial charge in [-0.15, -0.1) is 6.58 Å². The van der Waals surface area contributed by atoms with E-state index in [1.54, 1.807) is 37.3 Å². The lowest BCUT2D eigenvalue weighted by molar-refractivity contribution is -0.115. The van der Waals surface area contributed by atoms with Crippen molar-refractivity contribution in [2.45, 2.75) is 13.3 Å². The first-order chi connectivity index (χ1) is 8.17. The molecule has 0 heterocycles. The number of carbonyl (C=O) groups is 2. The lowest BCUT2D eigenvalue weighted by Gasteiger charge is -2.05. The van der Waals surface area contributed by atoms with Crippen LogP contribution in [0.2, 0.25) is 0 Å². The highest BCUT2D eigenvalue weighted by Gasteiger charge is 2.04. The van der Waals surface area contributed by atoms with Crippen molar-refractivity contribution in [1.82, 2.24) is 5.32 Å². The third-order valence-corrected chi connectivity index (χ3v) is 2.16. The van der Waals surface area contributed by atoms with Crippen molar-refractivity contribution in [2.24, 2.45) is 0 Å². The molecule has 0 bridgehead atoms. The summed E-state index contributed by atoms with van der Waals surface area (Å²) in [6.07, 6.45) is 2.05. The minimum atomic E-state index is -0.154. The Kier molecular flexibility index (Phi) is 4.94. The van der Waals surface area contributed by atoms with Crippen LogP contribution in [0.4, 0.5) is 5.69 Å². The van der Waals surface area contributed by atoms with E-state index in [0.717, 1.165) is 0 Å². The Morgan fingerprint density at radius 2 is 1.94 bits per heavy atom. The van der Waals surface area contributed by atoms with E-state index in [1.807, 2.05) is 0 Å². The predicted octanol–water partition coefficient (Wildman–Crippen LogP) is 1.95. The first kappa shape index (κ1) is 13.0. The standard InChI is InChI=1S/C13H16N2O2/c1-3-9-14-13(17)10-5-7-11(8-6-10)15-12(16)4-2/h3,5-8H,1,4,9H2,2H3,(H,14,17)(H,15,16). The van der Waals surface area contributed by atoms with E-state index < -0.39 is 0 Å². The van der Waals surface area contributed by atoms with Gasteiger partial charge in [0.2, 0.25) is 5.91 Å². The highest BCUT2D eigenvalue weighted by atomic mass is 16.2. The average Bonchev–Trinajstić information content (AvgIpc) is 2.36. The van der Waals surface area contributed by atoms with Crippen LogP contribution in [0.25, 0.3) is 0 Å². The number of carbonyl (C=O) groups excluding carboxylic acids is 2. The van der Waals surface area contributed by atoms with Crippen molar-refractivity contribution in [3.63, 3.8) is 0 Å². The maximum atomic E-state index is 11.5. The Morgan fingerprint density at radius 1 is 1.29 bits per heavy atom. The summed E-state index contributed by atoms with van der Waals surface area (Å²) < 4.78 is 0. The SMILES string of the molecule is C=CCNC(=O)c1ccc(NC(=O)CC)cc1. The molecule has 17 heavy (non-hydrogen) atoms. The Bertz CT molecular complexity index is 410. The van der Waals surface area contributed by atoms with E-state index >= 15 is 0 Å². The fourth-order valence-corrected chi connectivity index (χ4v) is 1.22. The normalized spacial score (nSPS) is 9.47. The zero-order chi connectivity index (χ0) is 12.7. The van der Waals surface area contributed by atoms with Crippen molar-refractivity contribution >= 4 is 17.5 Å². The van der Waals surface area contributed by atoms with Gasteiger partial charge in [-0.25, -0.2) is 0 Å². The molecule has 0 aliphatic rings. The van der Waals surface area contributed by atoms with Crippen LogP contribution in [0.5, 0.6) is 0 Å². The fraction of sp³-hybridized carbons (Fsp3) is 0.231. The number of nitrogens with one attached hydrogen (secondary N) is 2. The molecule has 4 nitrogen and oxygen atoms in total. The summed E-state index contributed by atoms with van der Waals surface area (Å²) in [4.78, 5) is 22.7. The Morgan fingerprint density at radius 3 is 2.47 bits per heavy atom. The Balaban J connectivity index is 2.64. The molecule has 1 aromatic carbocycles. The summed E-state index contributed by atoms with van der Waals surface area (Å²) >= 11 is 0. The molecule has 0 aliphatic heterocycles. The van der Waals surface area contributed by atoms with E-state index in [2.05, 4.69) is 17.2 Å². The summed E-state index contributed by atoms with van der Waals surface area (Å²) in [5, 5.41) is 5.39. The quantitative estimate of drug-likeness (QED) is 0.762. The fourth-order valence-electron chi connectivity index (χ4n) is 1.22. The topological polar surface area (TPSA) is 58.2 Å². The molecule has 90 valence electrons. The molecule has 4 heteroatoms. The molecule has 0 fully saturated rings. The van der Waals surface area contributed by atoms with E-state index in [0.29, 0.717) is 24.2 Å². The van der Waals surface area contributed by atoms with Gasteiger partial charge in [-0.2, -0.15) is 0 Å². The number of amides is 2. The van der Waals surface area contributed by atoms with Gasteiger partial charge in [-0.1, -0.05) is 13.0 Å². The summed E-state index contributed by atoms with van der Waals surface area (Å²) in [7, 11) is 0. The van der Waals surface area contributed by atoms with Crippen LogP contribution in [0.3, 0.4) is 0 Å². The second-order valence-electron chi connectivity index (χ2n) is 3.48. The van der Waals surface area contributed by atoms with Gasteiger partial charge in [0.15, 0.2) is 0 Å². The van der Waals surface area contributed by atoms with Gasteiger partial charge < -0.3 is 10.6 Å². The summed E-state index contributed by atoms with van der Waals surface area (Å²) in [5.41, 5.74) is 1.25. The van der Waals surface area contributed by atoms with Crippen LogP contribution >= 0.6 is 0 Å². The van der Waals surface area contributed by atoms with E-state index in [-0.39, 0.29) is 11.8 Å². The molecule has 0 spiro atoms. The van der Waals surface area contributed by atoms with E-state index in [9.17, 15) is 9.59 Å². The van der Waals surface area contributed by atoms with E-state index in [4.69, 9.17) is 0 Å². The van der Waals surface area contributed by atoms with Gasteiger partial charge >= 0.3 is 0 Å². The molecule has 1 rings (SSSR count). The molecule has 0 unspecified atom stereocenters. The van der Waals surface area contributed by atoms with E-state index in [1.165, 1.54) is 0 Å². The summed E-state index contributed by atoms with van der Waals surface area (Å²) in [6, 6.07) is 6.75. The summed E-state index contributed by atoms with van der Waals surface area (Å²) in [5.74, 6) is -0.202. The second kappa shape index (κ2) is 6.48. The van der Waals surface area contributed by atoms with Crippen LogP contribution in [-0.2, 0) is 4.79 Å². The maximum Gasteiger partial charge on any atom is 0.251 e. The third kappa shape index (κ3) is 4.10. The zero-order valence-corrected chi connectivity index (χ0v) is 9.82. The van der Waals surface area contributed by atoms with Crippen LogP contribution < -0.4 is 10.6 Å². The number of rotatable bonds is 5. The van der Waals surface area contributed by atoms with Gasteiger partial charge in [0.05, 0.1) is 0 Å². The molecule has 0 saturated heterocycles. The first-order valence-corrected chi connectivity index (χ1v) is 5.46. The van der Waals surface area contributed by atoms with Crippen molar-refractivity contribution in [3.8, 4) is 0 Å². The third-order valence-electron chi connectivity index (χ3n) is 2.16. The van der Waals surface area contributed by atoms with Crippen LogP contribution in [0.15, 0.2) is 36.9 Å². The molecular formula is C13H16N2O2. The Labute approximate surface area is 101 Å². The highest BCUT2D eigenvalue weighted by molar-refractivity contribution is 5.95. The van der Waals surface area contributed by atoms with Crippen molar-refractivity contribution < 1.29 is 9.59 Å². The maximum absolute atomic E-state index is 11.5. The van der Waals surface area contributed by atoms with Gasteiger partial charge in [-0.05, 0) is 24.3 Å². The Hall–Kier alpha value is -2.10. The lowest BCUT2D eigenvalue weighted by atomic mass is 10.2. The highest BCUT2D eigenvalue weighted by Crippen LogP contribution is 2.09. The molecule has 0 radical (unpaired) electrons. The molecule has 0 saturated carbocycles. The molecule has 2 N–H and O–H groups in total. The minimum Gasteiger partial charge on any atom is -0.349 e. The number of benzene rings is 1. The van der Waals surface area contributed by atoms with Crippen LogP contribution in [0, 0.1) is 0 Å². The number of hydrogen-bond donors (Lipinski definition) is 2. The molecule has 2 amide bonds. The molecule has 0 aliphatic carbocycles. The molecule has 1 aromatic rings. The van der Waals surface area contributed by atoms with Crippen LogP contribution in [-0.4, -0.2) is 18.4 Å². The van der Waals surface area contributed by atoms with Gasteiger partial charge in [0.25, 0.3) is 5.91 Å². The van der Waals surface area contributed by atoms with Crippen molar-refractivity contribution in [3.05, 3.63) is 42.5 Å². The van der Waals surface area contributed by atoms with Crippen molar-refractivity contribution in [2.75, 3.05) is 11.9 Å². The number of anilines is 1. The zero-order valence-electron chi connectivity index (χ0n) is 9.82. The van der Waals surface area contributed by atoms with Gasteiger partial charge in [0, 0.05) is 24.2 Å². The van der Waals surface area contributed by atoms with Crippen molar-refractivity contribution in [1.29, 1.82) is 0 Å². The summed E-state index contributed by atoms with van der Waals surface area (Å²) in [6.45, 7) is 5.74. The first-order valence-electron chi connectivity index (χ1n) is 5.46. The molecule has 0 aromatic heterocycles. The van der Waals surface area contributed by atoms with Crippen LogP contribution in [0.1, 0.15) is 23.7 Å². The average molecular weight is 232 g/mol. The minimum absolute atomic E-state index is 0.0474. The van der Waals surface area contributed by atoms with Gasteiger partial charge in [0.1, 0.15) is 0 Å². The lowest BCUT2D eigenvalue weighted by Crippen LogP contribution is -2.23.